The van der Waals surface area contributed by atoms with Crippen LogP contribution in [0.4, 0.5) is 26.3 Å². The van der Waals surface area contributed by atoms with E-state index in [4.69, 9.17) is 21.1 Å². The summed E-state index contributed by atoms with van der Waals surface area (Å²) in [6, 6.07) is 7.63. The van der Waals surface area contributed by atoms with E-state index in [1.165, 1.54) is 13.2 Å². The summed E-state index contributed by atoms with van der Waals surface area (Å²) in [6.07, 6.45) is -8.70. The third-order valence-corrected chi connectivity index (χ3v) is 6.62. The van der Waals surface area contributed by atoms with E-state index in [1.54, 1.807) is 24.3 Å². The molecule has 1 aliphatic rings. The zero-order valence-electron chi connectivity index (χ0n) is 21.7. The van der Waals surface area contributed by atoms with E-state index in [2.05, 4.69) is 14.9 Å². The second-order valence-corrected chi connectivity index (χ2v) is 9.68. The lowest BCUT2D eigenvalue weighted by Gasteiger charge is -2.26. The fraction of sp³-hybridized carbons (Fsp3) is 0.370. The zero-order chi connectivity index (χ0) is 29.8. The maximum absolute atomic E-state index is 13.6. The van der Waals surface area contributed by atoms with Gasteiger partial charge in [-0.2, -0.15) is 31.3 Å². The number of benzene rings is 2. The van der Waals surface area contributed by atoms with Crippen LogP contribution in [0.2, 0.25) is 5.02 Å². The summed E-state index contributed by atoms with van der Waals surface area (Å²) in [5, 5.41) is 0.279. The van der Waals surface area contributed by atoms with Crippen molar-refractivity contribution in [3.05, 3.63) is 76.1 Å². The molecule has 14 heteroatoms. The van der Waals surface area contributed by atoms with Crippen LogP contribution >= 0.6 is 11.6 Å². The Morgan fingerprint density at radius 1 is 1.02 bits per heavy atom. The monoisotopic (exact) mass is 602 g/mol. The number of hydrogen-bond acceptors (Lipinski definition) is 6. The lowest BCUT2D eigenvalue weighted by Crippen LogP contribution is -2.38. The first-order chi connectivity index (χ1) is 19.3. The van der Waals surface area contributed by atoms with Gasteiger partial charge >= 0.3 is 18.4 Å². The first-order valence-corrected chi connectivity index (χ1v) is 12.8. The van der Waals surface area contributed by atoms with Crippen LogP contribution in [0.15, 0.2) is 48.7 Å². The molecular formula is C27H25ClF6N4O3. The predicted octanol–water partition coefficient (Wildman–Crippen LogP) is 5.82. The van der Waals surface area contributed by atoms with E-state index in [1.807, 2.05) is 0 Å². The highest BCUT2D eigenvalue weighted by Gasteiger charge is 2.37. The van der Waals surface area contributed by atoms with Crippen molar-refractivity contribution in [3.63, 3.8) is 0 Å². The quantitative estimate of drug-likeness (QED) is 0.303. The summed E-state index contributed by atoms with van der Waals surface area (Å²) in [5.41, 5.74) is -2.87. The van der Waals surface area contributed by atoms with Crippen LogP contribution in [0, 0.1) is 0 Å². The SMILES string of the molecule is CN(Cc1cc(C(F)(F)F)cc(C(F)(F)F)c1)C(=O)c1nc(OCCN2CCOCC2)ncc1-c1ccccc1Cl. The Morgan fingerprint density at radius 2 is 1.66 bits per heavy atom. The van der Waals surface area contributed by atoms with Crippen LogP contribution in [0.3, 0.4) is 0 Å². The summed E-state index contributed by atoms with van der Waals surface area (Å²) < 4.78 is 91.0. The van der Waals surface area contributed by atoms with Crippen LogP contribution < -0.4 is 4.74 Å². The lowest BCUT2D eigenvalue weighted by molar-refractivity contribution is -0.143. The fourth-order valence-electron chi connectivity index (χ4n) is 4.20. The van der Waals surface area contributed by atoms with E-state index in [-0.39, 0.29) is 40.5 Å². The molecule has 0 saturated carbocycles. The average molecular weight is 603 g/mol. The van der Waals surface area contributed by atoms with E-state index in [0.717, 1.165) is 18.0 Å². The highest BCUT2D eigenvalue weighted by atomic mass is 35.5. The fourth-order valence-corrected chi connectivity index (χ4v) is 4.44. The number of carbonyl (C=O) groups is 1. The summed E-state index contributed by atoms with van der Waals surface area (Å²) >= 11 is 6.33. The molecule has 1 aliphatic heterocycles. The maximum Gasteiger partial charge on any atom is 0.416 e. The topological polar surface area (TPSA) is 67.8 Å². The summed E-state index contributed by atoms with van der Waals surface area (Å²) in [7, 11) is 1.24. The molecule has 1 saturated heterocycles. The van der Waals surface area contributed by atoms with Gasteiger partial charge in [0.2, 0.25) is 0 Å². The Bertz CT molecular complexity index is 1350. The maximum atomic E-state index is 13.6. The van der Waals surface area contributed by atoms with E-state index in [0.29, 0.717) is 37.5 Å². The van der Waals surface area contributed by atoms with Crippen molar-refractivity contribution < 1.29 is 40.6 Å². The number of carbonyl (C=O) groups excluding carboxylic acids is 1. The van der Waals surface area contributed by atoms with Gasteiger partial charge in [-0.3, -0.25) is 9.69 Å². The van der Waals surface area contributed by atoms with Crippen LogP contribution in [-0.2, 0) is 23.6 Å². The van der Waals surface area contributed by atoms with Crippen molar-refractivity contribution in [2.75, 3.05) is 46.5 Å². The average Bonchev–Trinajstić information content (AvgIpc) is 2.92. The Morgan fingerprint density at radius 3 is 2.27 bits per heavy atom. The highest BCUT2D eigenvalue weighted by molar-refractivity contribution is 6.33. The van der Waals surface area contributed by atoms with Gasteiger partial charge in [-0.25, -0.2) is 4.98 Å². The van der Waals surface area contributed by atoms with E-state index < -0.39 is 35.9 Å². The Labute approximate surface area is 236 Å². The number of amides is 1. The molecule has 2 heterocycles. The van der Waals surface area contributed by atoms with Crippen LogP contribution in [0.5, 0.6) is 6.01 Å². The molecule has 0 spiro atoms. The summed E-state index contributed by atoms with van der Waals surface area (Å²) in [6.45, 7) is 2.87. The minimum absolute atomic E-state index is 0.0335. The van der Waals surface area contributed by atoms with E-state index in [9.17, 15) is 31.1 Å². The highest BCUT2D eigenvalue weighted by Crippen LogP contribution is 2.37. The third-order valence-electron chi connectivity index (χ3n) is 6.29. The van der Waals surface area contributed by atoms with Gasteiger partial charge in [0.05, 0.1) is 24.3 Å². The number of morpholine rings is 1. The number of alkyl halides is 6. The van der Waals surface area contributed by atoms with Crippen molar-refractivity contribution in [2.45, 2.75) is 18.9 Å². The second-order valence-electron chi connectivity index (χ2n) is 9.27. The van der Waals surface area contributed by atoms with Crippen LogP contribution in [-0.4, -0.2) is 72.2 Å². The molecule has 0 N–H and O–H groups in total. The molecular weight excluding hydrogens is 578 g/mol. The number of aromatic nitrogens is 2. The number of rotatable bonds is 8. The zero-order valence-corrected chi connectivity index (χ0v) is 22.5. The van der Waals surface area contributed by atoms with Crippen LogP contribution in [0.25, 0.3) is 11.1 Å². The molecule has 0 unspecified atom stereocenters. The Kier molecular flexibility index (Phi) is 9.40. The Balaban J connectivity index is 1.62. The standard InChI is InChI=1S/C27H25ClF6N4O3/c1-37(16-17-12-18(26(29,30)31)14-19(13-17)27(32,33)34)24(39)23-21(20-4-2-3-5-22(20)28)15-35-25(36-23)41-11-8-38-6-9-40-10-7-38/h2-5,12-15H,6-11,16H2,1H3. The smallest absolute Gasteiger partial charge is 0.416 e. The van der Waals surface area contributed by atoms with Gasteiger partial charge in [-0.05, 0) is 29.8 Å². The number of ether oxygens (including phenoxy) is 2. The first kappa shape index (κ1) is 30.5. The number of halogens is 7. The van der Waals surface area contributed by atoms with Crippen molar-refractivity contribution >= 4 is 17.5 Å². The van der Waals surface area contributed by atoms with Gasteiger partial charge in [0, 0.05) is 55.6 Å². The van der Waals surface area contributed by atoms with Crippen LogP contribution in [0.1, 0.15) is 27.2 Å². The molecule has 2 aromatic carbocycles. The largest absolute Gasteiger partial charge is 0.462 e. The molecule has 3 aromatic rings. The third kappa shape index (κ3) is 7.86. The minimum atomic E-state index is -5.02. The molecule has 220 valence electrons. The van der Waals surface area contributed by atoms with Gasteiger partial charge in [-0.1, -0.05) is 29.8 Å². The van der Waals surface area contributed by atoms with Crippen molar-refractivity contribution in [1.82, 2.24) is 19.8 Å². The summed E-state index contributed by atoms with van der Waals surface area (Å²) in [5.74, 6) is -0.786. The molecule has 1 fully saturated rings. The first-order valence-electron chi connectivity index (χ1n) is 12.4. The molecule has 0 aliphatic carbocycles. The number of hydrogen-bond donors (Lipinski definition) is 0. The molecule has 41 heavy (non-hydrogen) atoms. The van der Waals surface area contributed by atoms with Crippen molar-refractivity contribution in [3.8, 4) is 17.1 Å². The Hall–Kier alpha value is -3.42. The summed E-state index contributed by atoms with van der Waals surface area (Å²) in [4.78, 5) is 25.1. The molecule has 0 bridgehead atoms. The second kappa shape index (κ2) is 12.6. The molecule has 7 nitrogen and oxygen atoms in total. The van der Waals surface area contributed by atoms with Gasteiger partial charge in [0.1, 0.15) is 12.3 Å². The van der Waals surface area contributed by atoms with Gasteiger partial charge in [-0.15, -0.1) is 0 Å². The van der Waals surface area contributed by atoms with Crippen molar-refractivity contribution in [1.29, 1.82) is 0 Å². The van der Waals surface area contributed by atoms with Crippen molar-refractivity contribution in [2.24, 2.45) is 0 Å². The molecule has 4 rings (SSSR count). The van der Waals surface area contributed by atoms with Gasteiger partial charge < -0.3 is 14.4 Å². The van der Waals surface area contributed by atoms with Gasteiger partial charge in [0.15, 0.2) is 0 Å². The molecule has 1 aromatic heterocycles. The molecule has 0 radical (unpaired) electrons. The molecule has 0 atom stereocenters. The predicted molar refractivity (Wildman–Crippen MR) is 137 cm³/mol. The van der Waals surface area contributed by atoms with Gasteiger partial charge in [0.25, 0.3) is 5.91 Å². The number of nitrogens with zero attached hydrogens (tertiary/aromatic N) is 4. The normalized spacial score (nSPS) is 14.6. The minimum Gasteiger partial charge on any atom is -0.462 e. The lowest BCUT2D eigenvalue weighted by atomic mass is 10.0. The van der Waals surface area contributed by atoms with E-state index >= 15 is 0 Å². The molecule has 1 amide bonds.